The van der Waals surface area contributed by atoms with E-state index in [0.29, 0.717) is 18.0 Å². The van der Waals surface area contributed by atoms with Gasteiger partial charge in [-0.25, -0.2) is 8.42 Å². The van der Waals surface area contributed by atoms with E-state index in [4.69, 9.17) is 17.3 Å². The van der Waals surface area contributed by atoms with Crippen molar-refractivity contribution in [3.8, 4) is 0 Å². The van der Waals surface area contributed by atoms with Crippen LogP contribution in [0.2, 0.25) is 5.02 Å². The van der Waals surface area contributed by atoms with Crippen molar-refractivity contribution in [2.45, 2.75) is 23.9 Å². The van der Waals surface area contributed by atoms with E-state index >= 15 is 0 Å². The van der Waals surface area contributed by atoms with Crippen molar-refractivity contribution >= 4 is 21.6 Å². The van der Waals surface area contributed by atoms with Crippen molar-refractivity contribution < 1.29 is 8.42 Å². The fourth-order valence-electron chi connectivity index (χ4n) is 1.81. The lowest BCUT2D eigenvalue weighted by Crippen LogP contribution is -2.40. The second-order valence-electron chi connectivity index (χ2n) is 3.78. The van der Waals surface area contributed by atoms with Crippen molar-refractivity contribution in [3.05, 3.63) is 29.3 Å². The summed E-state index contributed by atoms with van der Waals surface area (Å²) in [5.41, 5.74) is 5.75. The monoisotopic (exact) mass is 260 g/mol. The minimum Gasteiger partial charge on any atom is -0.315 e. The smallest absolute Gasteiger partial charge is 0.244 e. The Hall–Kier alpha value is -0.620. The van der Waals surface area contributed by atoms with Crippen LogP contribution >= 0.6 is 11.6 Å². The highest BCUT2D eigenvalue weighted by molar-refractivity contribution is 7.89. The molecule has 1 fully saturated rings. The minimum atomic E-state index is -3.45. The summed E-state index contributed by atoms with van der Waals surface area (Å²) in [6.07, 6.45) is 1.13. The molecule has 2 rings (SSSR count). The Kier molecular flexibility index (Phi) is 3.21. The first-order valence-corrected chi connectivity index (χ1v) is 6.86. The molecule has 1 saturated heterocycles. The minimum absolute atomic E-state index is 0.245. The summed E-state index contributed by atoms with van der Waals surface area (Å²) in [5.74, 6) is 0. The van der Waals surface area contributed by atoms with Crippen LogP contribution in [-0.4, -0.2) is 25.4 Å². The second kappa shape index (κ2) is 4.33. The van der Waals surface area contributed by atoms with E-state index in [1.165, 1.54) is 16.4 Å². The number of hydrogen-bond acceptors (Lipinski definition) is 3. The summed E-state index contributed by atoms with van der Waals surface area (Å²) in [7, 11) is -3.45. The zero-order chi connectivity index (χ0) is 11.8. The van der Waals surface area contributed by atoms with Crippen LogP contribution in [0.3, 0.4) is 0 Å². The zero-order valence-corrected chi connectivity index (χ0v) is 10.2. The molecule has 0 aliphatic carbocycles. The summed E-state index contributed by atoms with van der Waals surface area (Å²) < 4.78 is 25.7. The van der Waals surface area contributed by atoms with Gasteiger partial charge in [0.25, 0.3) is 0 Å². The Morgan fingerprint density at radius 2 is 1.94 bits per heavy atom. The van der Waals surface area contributed by atoms with E-state index in [-0.39, 0.29) is 4.90 Å². The van der Waals surface area contributed by atoms with Gasteiger partial charge < -0.3 is 5.73 Å². The lowest BCUT2D eigenvalue weighted by atomic mass is 10.3. The molecule has 0 amide bonds. The van der Waals surface area contributed by atoms with Gasteiger partial charge in [-0.15, -0.1) is 0 Å². The molecule has 4 nitrogen and oxygen atoms in total. The molecular formula is C10H13ClN2O2S. The van der Waals surface area contributed by atoms with Crippen molar-refractivity contribution in [2.24, 2.45) is 5.73 Å². The van der Waals surface area contributed by atoms with E-state index in [1.807, 2.05) is 0 Å². The molecule has 1 atom stereocenters. The van der Waals surface area contributed by atoms with Gasteiger partial charge in [-0.05, 0) is 37.1 Å². The quantitative estimate of drug-likeness (QED) is 0.875. The van der Waals surface area contributed by atoms with Crippen molar-refractivity contribution in [2.75, 3.05) is 6.54 Å². The number of benzene rings is 1. The number of sulfonamides is 1. The van der Waals surface area contributed by atoms with E-state index in [9.17, 15) is 8.42 Å². The highest BCUT2D eigenvalue weighted by atomic mass is 35.5. The standard InChI is InChI=1S/C10H13ClN2O2S/c11-8-3-5-9(6-4-8)16(14,15)13-7-1-2-10(13)12/h3-6,10H,1-2,7,12H2. The molecule has 0 aromatic heterocycles. The van der Waals surface area contributed by atoms with Crippen LogP contribution in [0.25, 0.3) is 0 Å². The fourth-order valence-corrected chi connectivity index (χ4v) is 3.51. The molecule has 88 valence electrons. The Balaban J connectivity index is 2.35. The molecule has 0 saturated carbocycles. The van der Waals surface area contributed by atoms with Gasteiger partial charge in [-0.2, -0.15) is 4.31 Å². The number of halogens is 1. The van der Waals surface area contributed by atoms with Gasteiger partial charge in [0, 0.05) is 11.6 Å². The van der Waals surface area contributed by atoms with Gasteiger partial charge >= 0.3 is 0 Å². The number of nitrogens with zero attached hydrogens (tertiary/aromatic N) is 1. The predicted octanol–water partition coefficient (Wildman–Crippen LogP) is 1.41. The van der Waals surface area contributed by atoms with Crippen LogP contribution in [-0.2, 0) is 10.0 Å². The molecule has 1 aliphatic heterocycles. The third kappa shape index (κ3) is 2.08. The molecule has 0 spiro atoms. The summed E-state index contributed by atoms with van der Waals surface area (Å²) in [5, 5.41) is 0.518. The second-order valence-corrected chi connectivity index (χ2v) is 6.11. The van der Waals surface area contributed by atoms with E-state index < -0.39 is 16.2 Å². The van der Waals surface area contributed by atoms with Crippen LogP contribution in [0.5, 0.6) is 0 Å². The summed E-state index contributed by atoms with van der Waals surface area (Å²) in [6.45, 7) is 0.492. The molecule has 6 heteroatoms. The Morgan fingerprint density at radius 3 is 2.44 bits per heavy atom. The van der Waals surface area contributed by atoms with E-state index in [1.54, 1.807) is 12.1 Å². The lowest BCUT2D eigenvalue weighted by Gasteiger charge is -2.20. The van der Waals surface area contributed by atoms with Gasteiger partial charge in [0.1, 0.15) is 0 Å². The maximum atomic E-state index is 12.2. The SMILES string of the molecule is NC1CCCN1S(=O)(=O)c1ccc(Cl)cc1. The van der Waals surface area contributed by atoms with Crippen LogP contribution in [0.1, 0.15) is 12.8 Å². The first-order valence-electron chi connectivity index (χ1n) is 5.05. The first kappa shape index (κ1) is 11.9. The summed E-state index contributed by atoms with van der Waals surface area (Å²) in [6, 6.07) is 6.14. The molecule has 16 heavy (non-hydrogen) atoms. The maximum absolute atomic E-state index is 12.2. The Labute approximate surface area is 100 Å². The molecular weight excluding hydrogens is 248 g/mol. The van der Waals surface area contributed by atoms with Gasteiger partial charge in [-0.1, -0.05) is 11.6 Å². The van der Waals surface area contributed by atoms with Crippen LogP contribution in [0.4, 0.5) is 0 Å². The van der Waals surface area contributed by atoms with Gasteiger partial charge in [0.15, 0.2) is 0 Å². The molecule has 1 unspecified atom stereocenters. The Bertz CT molecular complexity index is 472. The van der Waals surface area contributed by atoms with Crippen LogP contribution < -0.4 is 5.73 Å². The Morgan fingerprint density at radius 1 is 1.31 bits per heavy atom. The summed E-state index contributed by atoms with van der Waals surface area (Å²) >= 11 is 5.72. The number of nitrogens with two attached hydrogens (primary N) is 1. The van der Waals surface area contributed by atoms with E-state index in [0.717, 1.165) is 6.42 Å². The van der Waals surface area contributed by atoms with Crippen molar-refractivity contribution in [1.82, 2.24) is 4.31 Å². The average Bonchev–Trinajstić information content (AvgIpc) is 2.66. The molecule has 1 heterocycles. The van der Waals surface area contributed by atoms with Gasteiger partial charge in [0.2, 0.25) is 10.0 Å². The predicted molar refractivity (Wildman–Crippen MR) is 62.6 cm³/mol. The molecule has 2 N–H and O–H groups in total. The topological polar surface area (TPSA) is 63.4 Å². The third-order valence-electron chi connectivity index (χ3n) is 2.67. The zero-order valence-electron chi connectivity index (χ0n) is 8.64. The molecule has 0 bridgehead atoms. The van der Waals surface area contributed by atoms with Gasteiger partial charge in [0.05, 0.1) is 11.1 Å². The van der Waals surface area contributed by atoms with E-state index in [2.05, 4.69) is 0 Å². The fraction of sp³-hybridized carbons (Fsp3) is 0.400. The highest BCUT2D eigenvalue weighted by Gasteiger charge is 2.32. The lowest BCUT2D eigenvalue weighted by molar-refractivity contribution is 0.396. The molecule has 1 aromatic rings. The van der Waals surface area contributed by atoms with Crippen molar-refractivity contribution in [3.63, 3.8) is 0 Å². The first-order chi connectivity index (χ1) is 7.51. The molecule has 1 aromatic carbocycles. The van der Waals surface area contributed by atoms with Crippen LogP contribution in [0, 0.1) is 0 Å². The number of hydrogen-bond donors (Lipinski definition) is 1. The normalized spacial score (nSPS) is 22.5. The molecule has 0 radical (unpaired) electrons. The largest absolute Gasteiger partial charge is 0.315 e. The van der Waals surface area contributed by atoms with Crippen molar-refractivity contribution in [1.29, 1.82) is 0 Å². The third-order valence-corrected chi connectivity index (χ3v) is 4.86. The molecule has 1 aliphatic rings. The van der Waals surface area contributed by atoms with Crippen LogP contribution in [0.15, 0.2) is 29.2 Å². The average molecular weight is 261 g/mol. The highest BCUT2D eigenvalue weighted by Crippen LogP contribution is 2.24. The summed E-state index contributed by atoms with van der Waals surface area (Å²) in [4.78, 5) is 0.245. The maximum Gasteiger partial charge on any atom is 0.244 e. The van der Waals surface area contributed by atoms with Gasteiger partial charge in [-0.3, -0.25) is 0 Å². The number of rotatable bonds is 2.